The Morgan fingerprint density at radius 2 is 1.36 bits per heavy atom. The molecule has 1 N–H and O–H groups in total. The number of aliphatic hydroxyl groups excluding tert-OH is 1. The number of hydrogen-bond donors (Lipinski definition) is 1. The van der Waals surface area contributed by atoms with Crippen LogP contribution in [0.1, 0.15) is 34.1 Å². The minimum absolute atomic E-state index is 0.187. The van der Waals surface area contributed by atoms with Crippen molar-refractivity contribution in [1.82, 2.24) is 0 Å². The molecule has 1 heterocycles. The molecule has 1 aliphatic rings. The highest BCUT2D eigenvalue weighted by Crippen LogP contribution is 2.29. The summed E-state index contributed by atoms with van der Waals surface area (Å²) in [4.78, 5) is 33.9. The minimum Gasteiger partial charge on any atom is -0.456 e. The van der Waals surface area contributed by atoms with Crippen LogP contribution in [0.4, 0.5) is 0 Å². The van der Waals surface area contributed by atoms with Crippen molar-refractivity contribution in [3.63, 3.8) is 0 Å². The van der Waals surface area contributed by atoms with Gasteiger partial charge in [0, 0.05) is 33.8 Å². The zero-order valence-corrected chi connectivity index (χ0v) is 13.1. The van der Waals surface area contributed by atoms with E-state index >= 15 is 0 Å². The fraction of sp³-hybridized carbons (Fsp3) is 0.786. The second-order valence-corrected chi connectivity index (χ2v) is 5.11. The second kappa shape index (κ2) is 8.09. The summed E-state index contributed by atoms with van der Waals surface area (Å²) in [7, 11) is 0. The van der Waals surface area contributed by atoms with E-state index in [4.69, 9.17) is 24.1 Å². The van der Waals surface area contributed by atoms with E-state index in [0.717, 1.165) is 0 Å². The summed E-state index contributed by atoms with van der Waals surface area (Å²) in [6.45, 7) is 5.09. The van der Waals surface area contributed by atoms with Gasteiger partial charge in [-0.05, 0) is 6.92 Å². The molecule has 0 aromatic heterocycles. The van der Waals surface area contributed by atoms with Crippen LogP contribution in [-0.4, -0.2) is 60.1 Å². The summed E-state index contributed by atoms with van der Waals surface area (Å²) in [5.41, 5.74) is 0. The van der Waals surface area contributed by atoms with Gasteiger partial charge in [-0.15, -0.1) is 0 Å². The van der Waals surface area contributed by atoms with E-state index in [0.29, 0.717) is 0 Å². The molecule has 0 aromatic rings. The van der Waals surface area contributed by atoms with E-state index < -0.39 is 48.4 Å². The van der Waals surface area contributed by atoms with E-state index in [-0.39, 0.29) is 13.0 Å². The summed E-state index contributed by atoms with van der Waals surface area (Å²) in [6.07, 6.45) is -3.93. The fourth-order valence-corrected chi connectivity index (χ4v) is 2.47. The van der Waals surface area contributed by atoms with Gasteiger partial charge in [0.2, 0.25) is 0 Å². The van der Waals surface area contributed by atoms with Gasteiger partial charge < -0.3 is 24.1 Å². The lowest BCUT2D eigenvalue weighted by Crippen LogP contribution is -2.60. The summed E-state index contributed by atoms with van der Waals surface area (Å²) < 4.78 is 21.2. The first-order chi connectivity index (χ1) is 10.3. The molecule has 0 bridgehead atoms. The van der Waals surface area contributed by atoms with Gasteiger partial charge in [0.1, 0.15) is 6.10 Å². The third-order valence-electron chi connectivity index (χ3n) is 3.19. The molecule has 1 fully saturated rings. The zero-order valence-electron chi connectivity index (χ0n) is 13.1. The van der Waals surface area contributed by atoms with Gasteiger partial charge in [0.15, 0.2) is 18.3 Å². The van der Waals surface area contributed by atoms with Gasteiger partial charge >= 0.3 is 17.9 Å². The van der Waals surface area contributed by atoms with Crippen LogP contribution in [0.2, 0.25) is 0 Å². The quantitative estimate of drug-likeness (QED) is 0.555. The van der Waals surface area contributed by atoms with Crippen LogP contribution in [0.3, 0.4) is 0 Å². The van der Waals surface area contributed by atoms with Gasteiger partial charge in [-0.1, -0.05) is 0 Å². The average Bonchev–Trinajstić information content (AvgIpc) is 2.37. The molecule has 5 atom stereocenters. The van der Waals surface area contributed by atoms with Crippen LogP contribution < -0.4 is 0 Å². The number of aliphatic hydroxyl groups is 1. The fourth-order valence-electron chi connectivity index (χ4n) is 2.47. The molecule has 8 heteroatoms. The maximum absolute atomic E-state index is 11.4. The number of hydrogen-bond acceptors (Lipinski definition) is 8. The normalized spacial score (nSPS) is 31.2. The predicted octanol–water partition coefficient (Wildman–Crippen LogP) is -0.0488. The molecule has 0 unspecified atom stereocenters. The Morgan fingerprint density at radius 1 is 0.909 bits per heavy atom. The SMILES string of the molecule is CC(=O)O[C@@H]1[C@@H](OC(C)=O)[C@H](C)O[C@@H](CCO)[C@@H]1OC(C)=O. The van der Waals surface area contributed by atoms with Gasteiger partial charge in [-0.3, -0.25) is 14.4 Å². The largest absolute Gasteiger partial charge is 0.456 e. The molecule has 22 heavy (non-hydrogen) atoms. The van der Waals surface area contributed by atoms with E-state index in [1.807, 2.05) is 0 Å². The van der Waals surface area contributed by atoms with Crippen LogP contribution in [-0.2, 0) is 33.3 Å². The van der Waals surface area contributed by atoms with Crippen molar-refractivity contribution in [3.05, 3.63) is 0 Å². The Hall–Kier alpha value is -1.67. The first-order valence-electron chi connectivity index (χ1n) is 7.04. The lowest BCUT2D eigenvalue weighted by Gasteiger charge is -2.43. The number of ether oxygens (including phenoxy) is 4. The Morgan fingerprint density at radius 3 is 1.82 bits per heavy atom. The maximum atomic E-state index is 11.4. The number of esters is 3. The van der Waals surface area contributed by atoms with E-state index in [2.05, 4.69) is 0 Å². The average molecular weight is 318 g/mol. The number of carbonyl (C=O) groups is 3. The molecule has 0 aliphatic carbocycles. The molecule has 0 spiro atoms. The molecule has 0 saturated carbocycles. The molecular formula is C14H22O8. The first-order valence-corrected chi connectivity index (χ1v) is 7.04. The highest BCUT2D eigenvalue weighted by Gasteiger charge is 2.49. The van der Waals surface area contributed by atoms with Crippen molar-refractivity contribution >= 4 is 17.9 Å². The number of carbonyl (C=O) groups excluding carboxylic acids is 3. The Balaban J connectivity index is 3.09. The van der Waals surface area contributed by atoms with Gasteiger partial charge in [-0.25, -0.2) is 0 Å². The van der Waals surface area contributed by atoms with E-state index in [1.165, 1.54) is 20.8 Å². The molecule has 8 nitrogen and oxygen atoms in total. The zero-order chi connectivity index (χ0) is 16.9. The molecule has 126 valence electrons. The number of rotatable bonds is 5. The monoisotopic (exact) mass is 318 g/mol. The highest BCUT2D eigenvalue weighted by molar-refractivity contribution is 5.68. The molecule has 1 saturated heterocycles. The van der Waals surface area contributed by atoms with Crippen LogP contribution in [0.25, 0.3) is 0 Å². The Labute approximate surface area is 128 Å². The van der Waals surface area contributed by atoms with Gasteiger partial charge in [0.25, 0.3) is 0 Å². The first kappa shape index (κ1) is 18.4. The van der Waals surface area contributed by atoms with E-state index in [1.54, 1.807) is 6.92 Å². The standard InChI is InChI=1S/C14H22O8/c1-7-12(20-8(2)16)14(22-10(4)18)13(21-9(3)17)11(19-7)5-6-15/h7,11-15H,5-6H2,1-4H3/t7-,11-,12-,13-,14+/m0/s1. The van der Waals surface area contributed by atoms with Crippen molar-refractivity contribution in [2.45, 2.75) is 64.6 Å². The van der Waals surface area contributed by atoms with Crippen LogP contribution in [0.15, 0.2) is 0 Å². The van der Waals surface area contributed by atoms with Crippen molar-refractivity contribution in [1.29, 1.82) is 0 Å². The summed E-state index contributed by atoms with van der Waals surface area (Å²) in [5, 5.41) is 9.12. The van der Waals surface area contributed by atoms with Gasteiger partial charge in [-0.2, -0.15) is 0 Å². The summed E-state index contributed by atoms with van der Waals surface area (Å²) >= 11 is 0. The summed E-state index contributed by atoms with van der Waals surface area (Å²) in [5.74, 6) is -1.76. The Kier molecular flexibility index (Phi) is 6.76. The maximum Gasteiger partial charge on any atom is 0.303 e. The Bertz CT molecular complexity index is 421. The molecule has 0 amide bonds. The van der Waals surface area contributed by atoms with Crippen molar-refractivity contribution in [3.8, 4) is 0 Å². The molecule has 1 rings (SSSR count). The molecule has 0 aromatic carbocycles. The predicted molar refractivity (Wildman–Crippen MR) is 72.7 cm³/mol. The molecular weight excluding hydrogens is 296 g/mol. The third kappa shape index (κ3) is 4.96. The molecule has 0 radical (unpaired) electrons. The third-order valence-corrected chi connectivity index (χ3v) is 3.19. The topological polar surface area (TPSA) is 108 Å². The van der Waals surface area contributed by atoms with Crippen LogP contribution >= 0.6 is 0 Å². The lowest BCUT2D eigenvalue weighted by molar-refractivity contribution is -0.245. The van der Waals surface area contributed by atoms with Crippen molar-refractivity contribution < 1.29 is 38.4 Å². The smallest absolute Gasteiger partial charge is 0.303 e. The van der Waals surface area contributed by atoms with Crippen molar-refractivity contribution in [2.24, 2.45) is 0 Å². The minimum atomic E-state index is -0.995. The molecule has 1 aliphatic heterocycles. The summed E-state index contributed by atoms with van der Waals surface area (Å²) in [6, 6.07) is 0. The second-order valence-electron chi connectivity index (χ2n) is 5.11. The van der Waals surface area contributed by atoms with E-state index in [9.17, 15) is 14.4 Å². The van der Waals surface area contributed by atoms with Crippen LogP contribution in [0, 0.1) is 0 Å². The van der Waals surface area contributed by atoms with Gasteiger partial charge in [0.05, 0.1) is 6.10 Å². The lowest BCUT2D eigenvalue weighted by atomic mass is 9.93. The van der Waals surface area contributed by atoms with Crippen molar-refractivity contribution in [2.75, 3.05) is 6.61 Å². The highest BCUT2D eigenvalue weighted by atomic mass is 16.6. The van der Waals surface area contributed by atoms with Crippen LogP contribution in [0.5, 0.6) is 0 Å².